The minimum absolute atomic E-state index is 0.372. The second-order valence-electron chi connectivity index (χ2n) is 5.15. The fourth-order valence-electron chi connectivity index (χ4n) is 2.08. The highest BCUT2D eigenvalue weighted by Gasteiger charge is 2.11. The number of hydrogen-bond acceptors (Lipinski definition) is 2. The Kier molecular flexibility index (Phi) is 6.90. The molecule has 102 valence electrons. The molecule has 2 nitrogen and oxygen atoms in total. The standard InChI is InChI=1S/C15H24BrNO/c1-4-17(11-12(2)3)9-8-15(18)13-6-5-7-14(16)10-13/h5-7,10,12,15,18H,4,8-9,11H2,1-3H3. The summed E-state index contributed by atoms with van der Waals surface area (Å²) in [5, 5.41) is 10.2. The molecule has 0 aromatic heterocycles. The number of halogens is 1. The number of aliphatic hydroxyl groups is 1. The van der Waals surface area contributed by atoms with Crippen LogP contribution in [0.4, 0.5) is 0 Å². The second kappa shape index (κ2) is 7.93. The summed E-state index contributed by atoms with van der Waals surface area (Å²) >= 11 is 3.44. The molecule has 0 fully saturated rings. The third kappa shape index (κ3) is 5.51. The molecule has 1 unspecified atom stereocenters. The van der Waals surface area contributed by atoms with Gasteiger partial charge in [0, 0.05) is 17.6 Å². The third-order valence-corrected chi connectivity index (χ3v) is 3.52. The summed E-state index contributed by atoms with van der Waals surface area (Å²) in [6.45, 7) is 9.72. The van der Waals surface area contributed by atoms with E-state index in [9.17, 15) is 5.11 Å². The Morgan fingerprint density at radius 1 is 1.33 bits per heavy atom. The van der Waals surface area contributed by atoms with Crippen LogP contribution in [0.2, 0.25) is 0 Å². The van der Waals surface area contributed by atoms with Crippen LogP contribution < -0.4 is 0 Å². The summed E-state index contributed by atoms with van der Waals surface area (Å²) in [6.07, 6.45) is 0.417. The number of hydrogen-bond donors (Lipinski definition) is 1. The average Bonchev–Trinajstić information content (AvgIpc) is 2.33. The van der Waals surface area contributed by atoms with E-state index in [1.54, 1.807) is 0 Å². The van der Waals surface area contributed by atoms with E-state index in [0.29, 0.717) is 5.92 Å². The molecule has 0 amide bonds. The molecule has 18 heavy (non-hydrogen) atoms. The summed E-state index contributed by atoms with van der Waals surface area (Å²) in [6, 6.07) is 7.92. The Hall–Kier alpha value is -0.380. The molecule has 1 N–H and O–H groups in total. The van der Waals surface area contributed by atoms with E-state index in [1.807, 2.05) is 24.3 Å². The smallest absolute Gasteiger partial charge is 0.0802 e. The van der Waals surface area contributed by atoms with Crippen molar-refractivity contribution in [3.63, 3.8) is 0 Å². The fourth-order valence-corrected chi connectivity index (χ4v) is 2.50. The molecule has 0 heterocycles. The molecule has 1 aromatic rings. The molecular weight excluding hydrogens is 290 g/mol. The molecule has 0 bridgehead atoms. The van der Waals surface area contributed by atoms with Crippen molar-refractivity contribution < 1.29 is 5.11 Å². The van der Waals surface area contributed by atoms with E-state index < -0.39 is 0 Å². The number of rotatable bonds is 7. The van der Waals surface area contributed by atoms with Crippen molar-refractivity contribution in [3.05, 3.63) is 34.3 Å². The first kappa shape index (κ1) is 15.7. The second-order valence-corrected chi connectivity index (χ2v) is 6.06. The topological polar surface area (TPSA) is 23.5 Å². The van der Waals surface area contributed by atoms with Crippen LogP contribution >= 0.6 is 15.9 Å². The minimum atomic E-state index is -0.372. The molecule has 0 saturated carbocycles. The molecular formula is C15H24BrNO. The van der Waals surface area contributed by atoms with Gasteiger partial charge >= 0.3 is 0 Å². The van der Waals surface area contributed by atoms with E-state index in [0.717, 1.165) is 36.1 Å². The Morgan fingerprint density at radius 2 is 2.06 bits per heavy atom. The van der Waals surface area contributed by atoms with Crippen molar-refractivity contribution in [1.29, 1.82) is 0 Å². The third-order valence-electron chi connectivity index (χ3n) is 3.02. The van der Waals surface area contributed by atoms with Gasteiger partial charge in [-0.25, -0.2) is 0 Å². The largest absolute Gasteiger partial charge is 0.388 e. The van der Waals surface area contributed by atoms with Crippen molar-refractivity contribution >= 4 is 15.9 Å². The zero-order chi connectivity index (χ0) is 13.5. The van der Waals surface area contributed by atoms with Gasteiger partial charge in [0.1, 0.15) is 0 Å². The van der Waals surface area contributed by atoms with E-state index in [4.69, 9.17) is 0 Å². The van der Waals surface area contributed by atoms with Crippen LogP contribution in [0.25, 0.3) is 0 Å². The average molecular weight is 314 g/mol. The summed E-state index contributed by atoms with van der Waals surface area (Å²) in [4.78, 5) is 2.39. The first-order valence-electron chi connectivity index (χ1n) is 6.68. The first-order valence-corrected chi connectivity index (χ1v) is 7.48. The van der Waals surface area contributed by atoms with Gasteiger partial charge < -0.3 is 10.0 Å². The molecule has 0 aliphatic heterocycles. The molecule has 1 atom stereocenters. The van der Waals surface area contributed by atoms with Gasteiger partial charge in [0.2, 0.25) is 0 Å². The van der Waals surface area contributed by atoms with Gasteiger partial charge in [0.05, 0.1) is 6.10 Å². The van der Waals surface area contributed by atoms with Crippen LogP contribution in [-0.2, 0) is 0 Å². The number of aliphatic hydroxyl groups excluding tert-OH is 1. The van der Waals surface area contributed by atoms with Crippen LogP contribution in [0.15, 0.2) is 28.7 Å². The van der Waals surface area contributed by atoms with Gasteiger partial charge in [0.25, 0.3) is 0 Å². The SMILES string of the molecule is CCN(CCC(O)c1cccc(Br)c1)CC(C)C. The van der Waals surface area contributed by atoms with Crippen LogP contribution in [0.1, 0.15) is 38.9 Å². The molecule has 0 aliphatic carbocycles. The zero-order valence-electron chi connectivity index (χ0n) is 11.6. The highest BCUT2D eigenvalue weighted by atomic mass is 79.9. The van der Waals surface area contributed by atoms with Gasteiger partial charge in [0.15, 0.2) is 0 Å². The van der Waals surface area contributed by atoms with E-state index >= 15 is 0 Å². The minimum Gasteiger partial charge on any atom is -0.388 e. The van der Waals surface area contributed by atoms with Crippen molar-refractivity contribution in [2.24, 2.45) is 5.92 Å². The maximum absolute atomic E-state index is 10.2. The lowest BCUT2D eigenvalue weighted by molar-refractivity contribution is 0.139. The van der Waals surface area contributed by atoms with Gasteiger partial charge in [-0.3, -0.25) is 0 Å². The molecule has 0 aliphatic rings. The molecule has 0 spiro atoms. The lowest BCUT2D eigenvalue weighted by atomic mass is 10.1. The van der Waals surface area contributed by atoms with Gasteiger partial charge in [-0.05, 0) is 36.6 Å². The maximum Gasteiger partial charge on any atom is 0.0802 e. The van der Waals surface area contributed by atoms with Gasteiger partial charge in [-0.1, -0.05) is 48.8 Å². The predicted octanol–water partition coefficient (Wildman–Crippen LogP) is 3.85. The number of nitrogens with zero attached hydrogens (tertiary/aromatic N) is 1. The summed E-state index contributed by atoms with van der Waals surface area (Å²) in [7, 11) is 0. The van der Waals surface area contributed by atoms with Crippen molar-refractivity contribution in [2.75, 3.05) is 19.6 Å². The normalized spacial score (nSPS) is 13.3. The Morgan fingerprint density at radius 3 is 2.61 bits per heavy atom. The quantitative estimate of drug-likeness (QED) is 0.826. The molecule has 1 aromatic carbocycles. The monoisotopic (exact) mass is 313 g/mol. The fraction of sp³-hybridized carbons (Fsp3) is 0.600. The zero-order valence-corrected chi connectivity index (χ0v) is 13.2. The highest BCUT2D eigenvalue weighted by molar-refractivity contribution is 9.10. The van der Waals surface area contributed by atoms with E-state index in [-0.39, 0.29) is 6.10 Å². The lowest BCUT2D eigenvalue weighted by Crippen LogP contribution is -2.29. The molecule has 1 rings (SSSR count). The van der Waals surface area contributed by atoms with Crippen LogP contribution in [0.3, 0.4) is 0 Å². The van der Waals surface area contributed by atoms with Gasteiger partial charge in [-0.15, -0.1) is 0 Å². The van der Waals surface area contributed by atoms with Crippen molar-refractivity contribution in [2.45, 2.75) is 33.3 Å². The summed E-state index contributed by atoms with van der Waals surface area (Å²) in [5.74, 6) is 0.674. The van der Waals surface area contributed by atoms with E-state index in [1.165, 1.54) is 0 Å². The van der Waals surface area contributed by atoms with Crippen LogP contribution in [0.5, 0.6) is 0 Å². The molecule has 0 saturated heterocycles. The maximum atomic E-state index is 10.2. The first-order chi connectivity index (χ1) is 8.52. The Bertz CT molecular complexity index is 354. The van der Waals surface area contributed by atoms with Crippen molar-refractivity contribution in [3.8, 4) is 0 Å². The molecule has 3 heteroatoms. The van der Waals surface area contributed by atoms with Crippen LogP contribution in [-0.4, -0.2) is 29.6 Å². The Balaban J connectivity index is 2.47. The predicted molar refractivity (Wildman–Crippen MR) is 80.7 cm³/mol. The lowest BCUT2D eigenvalue weighted by Gasteiger charge is -2.23. The van der Waals surface area contributed by atoms with Gasteiger partial charge in [-0.2, -0.15) is 0 Å². The molecule has 0 radical (unpaired) electrons. The van der Waals surface area contributed by atoms with Crippen LogP contribution in [0, 0.1) is 5.92 Å². The number of benzene rings is 1. The summed E-state index contributed by atoms with van der Waals surface area (Å²) < 4.78 is 1.02. The highest BCUT2D eigenvalue weighted by Crippen LogP contribution is 2.21. The summed E-state index contributed by atoms with van der Waals surface area (Å²) in [5.41, 5.74) is 0.991. The Labute approximate surface area is 119 Å². The van der Waals surface area contributed by atoms with Crippen molar-refractivity contribution in [1.82, 2.24) is 4.90 Å². The van der Waals surface area contributed by atoms with E-state index in [2.05, 4.69) is 41.6 Å².